The smallest absolute Gasteiger partial charge is 0.226 e. The van der Waals surface area contributed by atoms with Crippen LogP contribution in [0.2, 0.25) is 0 Å². The summed E-state index contributed by atoms with van der Waals surface area (Å²) >= 11 is 0. The highest BCUT2D eigenvalue weighted by molar-refractivity contribution is 5.79. The van der Waals surface area contributed by atoms with Crippen molar-refractivity contribution in [2.45, 2.75) is 32.2 Å². The van der Waals surface area contributed by atoms with Crippen LogP contribution in [0.3, 0.4) is 0 Å². The number of ether oxygens (including phenoxy) is 1. The molecule has 1 heterocycles. The Labute approximate surface area is 98.3 Å². The molecule has 16 heavy (non-hydrogen) atoms. The van der Waals surface area contributed by atoms with Gasteiger partial charge in [-0.15, -0.1) is 0 Å². The SMILES string of the molecule is COCCCN(C)C(=O)C1CCCNC1C. The second kappa shape index (κ2) is 6.86. The van der Waals surface area contributed by atoms with Crippen LogP contribution in [0.15, 0.2) is 0 Å². The van der Waals surface area contributed by atoms with Crippen LogP contribution in [0.5, 0.6) is 0 Å². The summed E-state index contributed by atoms with van der Waals surface area (Å²) in [4.78, 5) is 14.0. The van der Waals surface area contributed by atoms with E-state index in [1.165, 1.54) is 0 Å². The molecule has 1 aliphatic heterocycles. The van der Waals surface area contributed by atoms with E-state index in [4.69, 9.17) is 4.74 Å². The molecule has 1 rings (SSSR count). The molecule has 1 fully saturated rings. The van der Waals surface area contributed by atoms with Crippen molar-refractivity contribution in [2.75, 3.05) is 33.9 Å². The number of hydrogen-bond donors (Lipinski definition) is 1. The summed E-state index contributed by atoms with van der Waals surface area (Å²) in [6.45, 7) is 4.65. The second-order valence-electron chi connectivity index (χ2n) is 4.60. The molecule has 4 nitrogen and oxygen atoms in total. The lowest BCUT2D eigenvalue weighted by atomic mass is 9.91. The lowest BCUT2D eigenvalue weighted by molar-refractivity contribution is -0.136. The molecule has 94 valence electrons. The van der Waals surface area contributed by atoms with Crippen LogP contribution in [0.4, 0.5) is 0 Å². The van der Waals surface area contributed by atoms with Crippen LogP contribution in [-0.2, 0) is 9.53 Å². The van der Waals surface area contributed by atoms with Gasteiger partial charge in [0, 0.05) is 33.4 Å². The molecule has 0 aromatic carbocycles. The average Bonchev–Trinajstić information content (AvgIpc) is 2.29. The van der Waals surface area contributed by atoms with Crippen molar-refractivity contribution in [2.24, 2.45) is 5.92 Å². The van der Waals surface area contributed by atoms with Gasteiger partial charge in [0.2, 0.25) is 5.91 Å². The zero-order valence-corrected chi connectivity index (χ0v) is 10.7. The number of rotatable bonds is 5. The summed E-state index contributed by atoms with van der Waals surface area (Å²) in [5.74, 6) is 0.428. The molecule has 1 saturated heterocycles. The van der Waals surface area contributed by atoms with Crippen LogP contribution in [0, 0.1) is 5.92 Å². The van der Waals surface area contributed by atoms with Crippen LogP contribution >= 0.6 is 0 Å². The Balaban J connectivity index is 2.36. The third-order valence-electron chi connectivity index (χ3n) is 3.30. The van der Waals surface area contributed by atoms with Crippen molar-refractivity contribution in [1.82, 2.24) is 10.2 Å². The third-order valence-corrected chi connectivity index (χ3v) is 3.30. The zero-order valence-electron chi connectivity index (χ0n) is 10.7. The minimum Gasteiger partial charge on any atom is -0.385 e. The molecule has 4 heteroatoms. The monoisotopic (exact) mass is 228 g/mol. The Morgan fingerprint density at radius 3 is 2.94 bits per heavy atom. The first-order valence-electron chi connectivity index (χ1n) is 6.14. The van der Waals surface area contributed by atoms with E-state index in [9.17, 15) is 4.79 Å². The number of hydrogen-bond acceptors (Lipinski definition) is 3. The van der Waals surface area contributed by atoms with Crippen molar-refractivity contribution in [3.8, 4) is 0 Å². The van der Waals surface area contributed by atoms with E-state index in [0.717, 1.165) is 39.0 Å². The summed E-state index contributed by atoms with van der Waals surface area (Å²) in [5.41, 5.74) is 0. The second-order valence-corrected chi connectivity index (χ2v) is 4.60. The Hall–Kier alpha value is -0.610. The molecule has 2 atom stereocenters. The number of piperidine rings is 1. The maximum absolute atomic E-state index is 12.1. The summed E-state index contributed by atoms with van der Waals surface area (Å²) in [6, 6.07) is 0.311. The fourth-order valence-corrected chi connectivity index (χ4v) is 2.22. The number of methoxy groups -OCH3 is 1. The molecule has 0 aromatic heterocycles. The molecule has 0 bridgehead atoms. The molecular formula is C12H24N2O2. The normalized spacial score (nSPS) is 25.4. The summed E-state index contributed by atoms with van der Waals surface area (Å²) in [5, 5.41) is 3.36. The van der Waals surface area contributed by atoms with E-state index in [-0.39, 0.29) is 11.8 Å². The minimum absolute atomic E-state index is 0.154. The predicted octanol–water partition coefficient (Wildman–Crippen LogP) is 0.869. The molecule has 0 radical (unpaired) electrons. The summed E-state index contributed by atoms with van der Waals surface area (Å²) < 4.78 is 4.99. The van der Waals surface area contributed by atoms with Crippen LogP contribution in [-0.4, -0.2) is 50.7 Å². The Morgan fingerprint density at radius 1 is 1.56 bits per heavy atom. The van der Waals surface area contributed by atoms with Crippen molar-refractivity contribution in [3.63, 3.8) is 0 Å². The van der Waals surface area contributed by atoms with Gasteiger partial charge in [0.15, 0.2) is 0 Å². The van der Waals surface area contributed by atoms with Crippen molar-refractivity contribution in [3.05, 3.63) is 0 Å². The average molecular weight is 228 g/mol. The maximum Gasteiger partial charge on any atom is 0.226 e. The van der Waals surface area contributed by atoms with Crippen LogP contribution in [0.25, 0.3) is 0 Å². The van der Waals surface area contributed by atoms with Gasteiger partial charge in [0.1, 0.15) is 0 Å². The number of carbonyl (C=O) groups excluding carboxylic acids is 1. The van der Waals surface area contributed by atoms with Gasteiger partial charge in [-0.05, 0) is 32.7 Å². The molecule has 1 amide bonds. The molecule has 2 unspecified atom stereocenters. The lowest BCUT2D eigenvalue weighted by Crippen LogP contribution is -2.47. The summed E-state index contributed by atoms with van der Waals surface area (Å²) in [7, 11) is 3.58. The zero-order chi connectivity index (χ0) is 12.0. The summed E-state index contributed by atoms with van der Waals surface area (Å²) in [6.07, 6.45) is 3.03. The fourth-order valence-electron chi connectivity index (χ4n) is 2.22. The number of nitrogens with one attached hydrogen (secondary N) is 1. The topological polar surface area (TPSA) is 41.6 Å². The van der Waals surface area contributed by atoms with Gasteiger partial charge < -0.3 is 15.0 Å². The van der Waals surface area contributed by atoms with E-state index >= 15 is 0 Å². The van der Waals surface area contributed by atoms with E-state index in [0.29, 0.717) is 6.04 Å². The molecule has 0 aromatic rings. The Morgan fingerprint density at radius 2 is 2.31 bits per heavy atom. The molecule has 0 spiro atoms. The van der Waals surface area contributed by atoms with E-state index in [2.05, 4.69) is 12.2 Å². The van der Waals surface area contributed by atoms with Gasteiger partial charge in [0.05, 0.1) is 5.92 Å². The van der Waals surface area contributed by atoms with Gasteiger partial charge in [0.25, 0.3) is 0 Å². The Kier molecular flexibility index (Phi) is 5.77. The maximum atomic E-state index is 12.1. The Bertz CT molecular complexity index is 221. The van der Waals surface area contributed by atoms with Gasteiger partial charge in [-0.3, -0.25) is 4.79 Å². The van der Waals surface area contributed by atoms with Crippen LogP contribution < -0.4 is 5.32 Å². The molecule has 1 aliphatic rings. The van der Waals surface area contributed by atoms with Crippen molar-refractivity contribution in [1.29, 1.82) is 0 Å². The lowest BCUT2D eigenvalue weighted by Gasteiger charge is -2.32. The predicted molar refractivity (Wildman–Crippen MR) is 64.3 cm³/mol. The largest absolute Gasteiger partial charge is 0.385 e. The van der Waals surface area contributed by atoms with Crippen molar-refractivity contribution >= 4 is 5.91 Å². The number of amides is 1. The minimum atomic E-state index is 0.154. The number of nitrogens with zero attached hydrogens (tertiary/aromatic N) is 1. The third kappa shape index (κ3) is 3.76. The van der Waals surface area contributed by atoms with Gasteiger partial charge >= 0.3 is 0 Å². The van der Waals surface area contributed by atoms with E-state index in [1.807, 2.05) is 11.9 Å². The molecular weight excluding hydrogens is 204 g/mol. The highest BCUT2D eigenvalue weighted by Gasteiger charge is 2.29. The number of carbonyl (C=O) groups is 1. The highest BCUT2D eigenvalue weighted by atomic mass is 16.5. The first-order chi connectivity index (χ1) is 7.66. The standard InChI is InChI=1S/C12H24N2O2/c1-10-11(6-4-7-13-10)12(15)14(2)8-5-9-16-3/h10-11,13H,4-9H2,1-3H3. The van der Waals surface area contributed by atoms with E-state index in [1.54, 1.807) is 7.11 Å². The van der Waals surface area contributed by atoms with Gasteiger partial charge in [-0.2, -0.15) is 0 Å². The molecule has 0 aliphatic carbocycles. The quantitative estimate of drug-likeness (QED) is 0.710. The van der Waals surface area contributed by atoms with Gasteiger partial charge in [-0.1, -0.05) is 0 Å². The van der Waals surface area contributed by atoms with Gasteiger partial charge in [-0.25, -0.2) is 0 Å². The van der Waals surface area contributed by atoms with Crippen LogP contribution in [0.1, 0.15) is 26.2 Å². The first kappa shape index (κ1) is 13.5. The van der Waals surface area contributed by atoms with Crippen molar-refractivity contribution < 1.29 is 9.53 Å². The molecule has 1 N–H and O–H groups in total. The fraction of sp³-hybridized carbons (Fsp3) is 0.917. The highest BCUT2D eigenvalue weighted by Crippen LogP contribution is 2.18. The molecule has 0 saturated carbocycles. The first-order valence-corrected chi connectivity index (χ1v) is 6.14. The van der Waals surface area contributed by atoms with E-state index < -0.39 is 0 Å².